The van der Waals surface area contributed by atoms with E-state index in [1.165, 1.54) is 16.3 Å². The summed E-state index contributed by atoms with van der Waals surface area (Å²) >= 11 is 0. The molecule has 2 N–H and O–H groups in total. The first kappa shape index (κ1) is 19.2. The van der Waals surface area contributed by atoms with Crippen LogP contribution in [0.5, 0.6) is 0 Å². The standard InChI is InChI=1S/C22H30N4O/c1-23-21(25-16-22(13-6-7-14-22)20(27)26(2)3)24-15-18-11-8-10-17-9-4-5-12-19(17)18/h4-5,8-12H,6-7,13-16H2,1-3H3,(H2,23,24,25). The molecule has 0 aliphatic heterocycles. The van der Waals surface area contributed by atoms with Crippen molar-refractivity contribution in [3.8, 4) is 0 Å². The van der Waals surface area contributed by atoms with Crippen molar-refractivity contribution >= 4 is 22.6 Å². The summed E-state index contributed by atoms with van der Waals surface area (Å²) in [5.74, 6) is 0.956. The fourth-order valence-corrected chi connectivity index (χ4v) is 4.09. The molecule has 0 unspecified atom stereocenters. The van der Waals surface area contributed by atoms with Crippen LogP contribution in [0.1, 0.15) is 31.2 Å². The van der Waals surface area contributed by atoms with E-state index in [0.29, 0.717) is 13.1 Å². The first-order chi connectivity index (χ1) is 13.1. The van der Waals surface area contributed by atoms with Crippen molar-refractivity contribution in [2.24, 2.45) is 10.4 Å². The lowest BCUT2D eigenvalue weighted by atomic mass is 9.84. The molecule has 0 aromatic heterocycles. The Morgan fingerprint density at radius 3 is 2.48 bits per heavy atom. The van der Waals surface area contributed by atoms with E-state index in [-0.39, 0.29) is 11.3 Å². The topological polar surface area (TPSA) is 56.7 Å². The molecule has 144 valence electrons. The molecule has 1 amide bonds. The first-order valence-electron chi connectivity index (χ1n) is 9.69. The van der Waals surface area contributed by atoms with Gasteiger partial charge in [0.1, 0.15) is 0 Å². The Balaban J connectivity index is 1.65. The van der Waals surface area contributed by atoms with Gasteiger partial charge in [-0.3, -0.25) is 9.79 Å². The van der Waals surface area contributed by atoms with Gasteiger partial charge in [-0.15, -0.1) is 0 Å². The van der Waals surface area contributed by atoms with E-state index in [1.807, 2.05) is 14.1 Å². The Bertz CT molecular complexity index is 817. The normalized spacial score (nSPS) is 16.3. The van der Waals surface area contributed by atoms with Crippen molar-refractivity contribution in [3.63, 3.8) is 0 Å². The van der Waals surface area contributed by atoms with Gasteiger partial charge in [-0.25, -0.2) is 0 Å². The second-order valence-electron chi connectivity index (χ2n) is 7.60. The summed E-state index contributed by atoms with van der Waals surface area (Å²) in [6.07, 6.45) is 4.11. The lowest BCUT2D eigenvalue weighted by Gasteiger charge is -2.31. The number of nitrogens with one attached hydrogen (secondary N) is 2. The highest BCUT2D eigenvalue weighted by Gasteiger charge is 2.42. The molecule has 1 fully saturated rings. The summed E-state index contributed by atoms with van der Waals surface area (Å²) in [6, 6.07) is 14.7. The lowest BCUT2D eigenvalue weighted by Crippen LogP contribution is -2.49. The highest BCUT2D eigenvalue weighted by atomic mass is 16.2. The highest BCUT2D eigenvalue weighted by Crippen LogP contribution is 2.38. The van der Waals surface area contributed by atoms with Crippen molar-refractivity contribution < 1.29 is 4.79 Å². The van der Waals surface area contributed by atoms with Crippen LogP contribution in [0, 0.1) is 5.41 Å². The number of hydrogen-bond donors (Lipinski definition) is 2. The molecule has 3 rings (SSSR count). The van der Waals surface area contributed by atoms with Gasteiger partial charge in [-0.1, -0.05) is 55.3 Å². The zero-order valence-corrected chi connectivity index (χ0v) is 16.6. The summed E-state index contributed by atoms with van der Waals surface area (Å²) in [5.41, 5.74) is 0.927. The third-order valence-corrected chi connectivity index (χ3v) is 5.56. The average Bonchev–Trinajstić information content (AvgIpc) is 3.17. The summed E-state index contributed by atoms with van der Waals surface area (Å²) in [4.78, 5) is 18.8. The molecule has 1 saturated carbocycles. The van der Waals surface area contributed by atoms with Crippen molar-refractivity contribution in [1.82, 2.24) is 15.5 Å². The minimum absolute atomic E-state index is 0.219. The van der Waals surface area contributed by atoms with Crippen molar-refractivity contribution in [2.45, 2.75) is 32.2 Å². The minimum Gasteiger partial charge on any atom is -0.355 e. The van der Waals surface area contributed by atoms with E-state index in [2.05, 4.69) is 58.1 Å². The summed E-state index contributed by atoms with van der Waals surface area (Å²) < 4.78 is 0. The second-order valence-corrected chi connectivity index (χ2v) is 7.60. The molecule has 0 radical (unpaired) electrons. The number of benzene rings is 2. The predicted octanol–water partition coefficient (Wildman–Crippen LogP) is 3.15. The smallest absolute Gasteiger partial charge is 0.230 e. The molecule has 0 saturated heterocycles. The maximum absolute atomic E-state index is 12.7. The molecule has 27 heavy (non-hydrogen) atoms. The van der Waals surface area contributed by atoms with Crippen molar-refractivity contribution in [1.29, 1.82) is 0 Å². The van der Waals surface area contributed by atoms with Gasteiger partial charge in [0.05, 0.1) is 5.41 Å². The number of rotatable bonds is 5. The van der Waals surface area contributed by atoms with Crippen LogP contribution in [0.4, 0.5) is 0 Å². The quantitative estimate of drug-likeness (QED) is 0.631. The fraction of sp³-hybridized carbons (Fsp3) is 0.455. The molecule has 0 spiro atoms. The maximum Gasteiger partial charge on any atom is 0.230 e. The van der Waals surface area contributed by atoms with Gasteiger partial charge in [0.25, 0.3) is 0 Å². The Labute approximate surface area is 161 Å². The maximum atomic E-state index is 12.7. The number of nitrogens with zero attached hydrogens (tertiary/aromatic N) is 2. The number of carbonyl (C=O) groups excluding carboxylic acids is 1. The second kappa shape index (κ2) is 8.42. The fourth-order valence-electron chi connectivity index (χ4n) is 4.09. The van der Waals surface area contributed by atoms with Crippen LogP contribution in [-0.4, -0.2) is 44.5 Å². The van der Waals surface area contributed by atoms with E-state index < -0.39 is 0 Å². The van der Waals surface area contributed by atoms with Gasteiger partial charge in [0, 0.05) is 34.2 Å². The zero-order chi connectivity index (χ0) is 19.3. The lowest BCUT2D eigenvalue weighted by molar-refractivity contribution is -0.138. The summed E-state index contributed by atoms with van der Waals surface area (Å²) in [6.45, 7) is 1.31. The summed E-state index contributed by atoms with van der Waals surface area (Å²) in [7, 11) is 5.46. The van der Waals surface area contributed by atoms with Crippen molar-refractivity contribution in [3.05, 3.63) is 48.0 Å². The van der Waals surface area contributed by atoms with E-state index >= 15 is 0 Å². The Hall–Kier alpha value is -2.56. The number of carbonyl (C=O) groups is 1. The number of hydrogen-bond acceptors (Lipinski definition) is 2. The number of amides is 1. The molecule has 0 bridgehead atoms. The Morgan fingerprint density at radius 2 is 1.78 bits per heavy atom. The van der Waals surface area contributed by atoms with Crippen LogP contribution in [0.15, 0.2) is 47.5 Å². The van der Waals surface area contributed by atoms with E-state index in [4.69, 9.17) is 0 Å². The molecule has 2 aromatic rings. The highest BCUT2D eigenvalue weighted by molar-refractivity contribution is 5.87. The minimum atomic E-state index is -0.305. The molecular weight excluding hydrogens is 336 g/mol. The van der Waals surface area contributed by atoms with Gasteiger partial charge in [-0.05, 0) is 29.2 Å². The van der Waals surface area contributed by atoms with Gasteiger partial charge in [-0.2, -0.15) is 0 Å². The molecule has 0 heterocycles. The van der Waals surface area contributed by atoms with Crippen LogP contribution in [-0.2, 0) is 11.3 Å². The number of fused-ring (bicyclic) bond motifs is 1. The Kier molecular flexibility index (Phi) is 5.99. The van der Waals surface area contributed by atoms with Crippen LogP contribution in [0.25, 0.3) is 10.8 Å². The van der Waals surface area contributed by atoms with E-state index in [0.717, 1.165) is 31.6 Å². The molecular formula is C22H30N4O. The van der Waals surface area contributed by atoms with Crippen LogP contribution in [0.3, 0.4) is 0 Å². The number of guanidine groups is 1. The molecule has 1 aliphatic carbocycles. The van der Waals surface area contributed by atoms with Crippen LogP contribution >= 0.6 is 0 Å². The number of aliphatic imine (C=N–C) groups is 1. The van der Waals surface area contributed by atoms with Gasteiger partial charge in [0.2, 0.25) is 5.91 Å². The van der Waals surface area contributed by atoms with E-state index in [9.17, 15) is 4.79 Å². The zero-order valence-electron chi connectivity index (χ0n) is 16.6. The largest absolute Gasteiger partial charge is 0.355 e. The third kappa shape index (κ3) is 4.24. The monoisotopic (exact) mass is 366 g/mol. The van der Waals surface area contributed by atoms with Gasteiger partial charge >= 0.3 is 0 Å². The van der Waals surface area contributed by atoms with Crippen LogP contribution < -0.4 is 10.6 Å². The van der Waals surface area contributed by atoms with Gasteiger partial charge in [0.15, 0.2) is 5.96 Å². The molecule has 1 aliphatic rings. The predicted molar refractivity (Wildman–Crippen MR) is 112 cm³/mol. The van der Waals surface area contributed by atoms with E-state index in [1.54, 1.807) is 11.9 Å². The summed E-state index contributed by atoms with van der Waals surface area (Å²) in [5, 5.41) is 9.28. The average molecular weight is 367 g/mol. The molecule has 5 heteroatoms. The van der Waals surface area contributed by atoms with Gasteiger partial charge < -0.3 is 15.5 Å². The third-order valence-electron chi connectivity index (χ3n) is 5.56. The molecule has 5 nitrogen and oxygen atoms in total. The molecule has 0 atom stereocenters. The SMILES string of the molecule is CN=C(NCc1cccc2ccccc12)NCC1(C(=O)N(C)C)CCCC1. The first-order valence-corrected chi connectivity index (χ1v) is 9.69. The molecule has 2 aromatic carbocycles. The van der Waals surface area contributed by atoms with Crippen LogP contribution in [0.2, 0.25) is 0 Å². The van der Waals surface area contributed by atoms with Crippen molar-refractivity contribution in [2.75, 3.05) is 27.7 Å². The Morgan fingerprint density at radius 1 is 1.07 bits per heavy atom.